The summed E-state index contributed by atoms with van der Waals surface area (Å²) in [5.74, 6) is 0.380. The van der Waals surface area contributed by atoms with E-state index in [1.807, 2.05) is 30.3 Å². The SMILES string of the molecule is COCc1noc(-c2ccccc2)c1NC(=O)O. The number of amides is 1. The lowest BCUT2D eigenvalue weighted by Crippen LogP contribution is -2.09. The predicted molar refractivity (Wildman–Crippen MR) is 64.3 cm³/mol. The van der Waals surface area contributed by atoms with Gasteiger partial charge in [-0.25, -0.2) is 4.79 Å². The minimum absolute atomic E-state index is 0.173. The summed E-state index contributed by atoms with van der Waals surface area (Å²) in [5.41, 5.74) is 1.48. The molecule has 94 valence electrons. The minimum Gasteiger partial charge on any atom is -0.465 e. The van der Waals surface area contributed by atoms with Crippen LogP contribution in [0.1, 0.15) is 5.69 Å². The first-order valence-corrected chi connectivity index (χ1v) is 5.25. The number of hydrogen-bond acceptors (Lipinski definition) is 4. The summed E-state index contributed by atoms with van der Waals surface area (Å²) in [6.07, 6.45) is -1.17. The van der Waals surface area contributed by atoms with Crippen LogP contribution >= 0.6 is 0 Å². The van der Waals surface area contributed by atoms with Gasteiger partial charge in [0, 0.05) is 12.7 Å². The molecule has 0 saturated carbocycles. The normalized spacial score (nSPS) is 10.3. The number of methoxy groups -OCH3 is 1. The highest BCUT2D eigenvalue weighted by atomic mass is 16.5. The van der Waals surface area contributed by atoms with Crippen molar-refractivity contribution in [1.29, 1.82) is 0 Å². The molecule has 0 bridgehead atoms. The van der Waals surface area contributed by atoms with Crippen LogP contribution in [0.4, 0.5) is 10.5 Å². The molecule has 0 aliphatic rings. The van der Waals surface area contributed by atoms with Crippen molar-refractivity contribution in [2.45, 2.75) is 6.61 Å². The zero-order valence-electron chi connectivity index (χ0n) is 9.71. The molecule has 0 unspecified atom stereocenters. The fraction of sp³-hybridized carbons (Fsp3) is 0.167. The molecule has 6 heteroatoms. The van der Waals surface area contributed by atoms with Gasteiger partial charge in [0.1, 0.15) is 11.4 Å². The molecule has 2 N–H and O–H groups in total. The lowest BCUT2D eigenvalue weighted by molar-refractivity contribution is 0.177. The van der Waals surface area contributed by atoms with Crippen LogP contribution in [0.3, 0.4) is 0 Å². The maximum absolute atomic E-state index is 10.8. The van der Waals surface area contributed by atoms with Gasteiger partial charge in [0.25, 0.3) is 0 Å². The van der Waals surface area contributed by atoms with Gasteiger partial charge in [-0.2, -0.15) is 0 Å². The summed E-state index contributed by atoms with van der Waals surface area (Å²) >= 11 is 0. The number of carboxylic acid groups (broad SMARTS) is 1. The molecule has 2 rings (SSSR count). The average molecular weight is 248 g/mol. The van der Waals surface area contributed by atoms with E-state index in [1.165, 1.54) is 7.11 Å². The lowest BCUT2D eigenvalue weighted by Gasteiger charge is -2.03. The molecule has 18 heavy (non-hydrogen) atoms. The van der Waals surface area contributed by atoms with E-state index in [0.29, 0.717) is 17.1 Å². The molecule has 0 radical (unpaired) electrons. The first-order chi connectivity index (χ1) is 8.72. The number of nitrogens with zero attached hydrogens (tertiary/aromatic N) is 1. The summed E-state index contributed by atoms with van der Waals surface area (Å²) < 4.78 is 10.1. The second-order valence-electron chi connectivity index (χ2n) is 3.56. The standard InChI is InChI=1S/C12H12N2O4/c1-17-7-9-10(13-12(15)16)11(18-14-9)8-5-3-2-4-6-8/h2-6,13H,7H2,1H3,(H,15,16). The molecule has 6 nitrogen and oxygen atoms in total. The molecule has 0 saturated heterocycles. The Labute approximate surface area is 103 Å². The Morgan fingerprint density at radius 2 is 2.17 bits per heavy atom. The summed E-state index contributed by atoms with van der Waals surface area (Å²) in [6, 6.07) is 9.14. The van der Waals surface area contributed by atoms with Gasteiger partial charge in [0.2, 0.25) is 0 Å². The van der Waals surface area contributed by atoms with Crippen molar-refractivity contribution < 1.29 is 19.2 Å². The van der Waals surface area contributed by atoms with Crippen LogP contribution in [0.5, 0.6) is 0 Å². The summed E-state index contributed by atoms with van der Waals surface area (Å²) in [5, 5.41) is 14.9. The molecule has 1 heterocycles. The highest BCUT2D eigenvalue weighted by Crippen LogP contribution is 2.31. The van der Waals surface area contributed by atoms with Gasteiger partial charge >= 0.3 is 6.09 Å². The van der Waals surface area contributed by atoms with Gasteiger partial charge in [0.05, 0.1) is 6.61 Å². The van der Waals surface area contributed by atoms with Crippen LogP contribution in [0, 0.1) is 0 Å². The molecule has 1 aromatic carbocycles. The third-order valence-corrected chi connectivity index (χ3v) is 2.31. The minimum atomic E-state index is -1.17. The Morgan fingerprint density at radius 1 is 1.44 bits per heavy atom. The van der Waals surface area contributed by atoms with E-state index in [0.717, 1.165) is 5.56 Å². The number of anilines is 1. The molecular weight excluding hydrogens is 236 g/mol. The van der Waals surface area contributed by atoms with Gasteiger partial charge in [-0.1, -0.05) is 35.5 Å². The number of nitrogens with one attached hydrogen (secondary N) is 1. The number of carbonyl (C=O) groups is 1. The number of ether oxygens (including phenoxy) is 1. The van der Waals surface area contributed by atoms with E-state index in [4.69, 9.17) is 14.4 Å². The van der Waals surface area contributed by atoms with E-state index in [-0.39, 0.29) is 6.61 Å². The Morgan fingerprint density at radius 3 is 2.78 bits per heavy atom. The van der Waals surface area contributed by atoms with Crippen molar-refractivity contribution in [3.05, 3.63) is 36.0 Å². The zero-order chi connectivity index (χ0) is 13.0. The maximum Gasteiger partial charge on any atom is 0.409 e. The molecular formula is C12H12N2O4. The Kier molecular flexibility index (Phi) is 3.59. The maximum atomic E-state index is 10.8. The Balaban J connectivity index is 2.44. The third-order valence-electron chi connectivity index (χ3n) is 2.31. The number of benzene rings is 1. The topological polar surface area (TPSA) is 84.6 Å². The largest absolute Gasteiger partial charge is 0.465 e. The van der Waals surface area contributed by atoms with Gasteiger partial charge in [-0.15, -0.1) is 0 Å². The fourth-order valence-corrected chi connectivity index (χ4v) is 1.58. The smallest absolute Gasteiger partial charge is 0.409 e. The van der Waals surface area contributed by atoms with E-state index < -0.39 is 6.09 Å². The zero-order valence-corrected chi connectivity index (χ0v) is 9.71. The van der Waals surface area contributed by atoms with Gasteiger partial charge in [-0.3, -0.25) is 5.32 Å². The highest BCUT2D eigenvalue weighted by molar-refractivity contribution is 5.89. The second kappa shape index (κ2) is 5.33. The molecule has 1 amide bonds. The molecule has 0 fully saturated rings. The first kappa shape index (κ1) is 12.1. The highest BCUT2D eigenvalue weighted by Gasteiger charge is 2.19. The number of aromatic nitrogens is 1. The second-order valence-corrected chi connectivity index (χ2v) is 3.56. The quantitative estimate of drug-likeness (QED) is 0.868. The van der Waals surface area contributed by atoms with Crippen LogP contribution in [-0.2, 0) is 11.3 Å². The van der Waals surface area contributed by atoms with Gasteiger partial charge in [-0.05, 0) is 0 Å². The van der Waals surface area contributed by atoms with Crippen molar-refractivity contribution in [2.75, 3.05) is 12.4 Å². The molecule has 0 aliphatic carbocycles. The van der Waals surface area contributed by atoms with Crippen molar-refractivity contribution in [1.82, 2.24) is 5.16 Å². The van der Waals surface area contributed by atoms with E-state index in [9.17, 15) is 4.79 Å². The van der Waals surface area contributed by atoms with Crippen LogP contribution < -0.4 is 5.32 Å². The van der Waals surface area contributed by atoms with E-state index in [2.05, 4.69) is 10.5 Å². The van der Waals surface area contributed by atoms with Crippen molar-refractivity contribution in [2.24, 2.45) is 0 Å². The van der Waals surface area contributed by atoms with E-state index >= 15 is 0 Å². The fourth-order valence-electron chi connectivity index (χ4n) is 1.58. The molecule has 0 atom stereocenters. The van der Waals surface area contributed by atoms with Crippen molar-refractivity contribution in [3.8, 4) is 11.3 Å². The predicted octanol–water partition coefficient (Wildman–Crippen LogP) is 2.58. The monoisotopic (exact) mass is 248 g/mol. The molecule has 0 aliphatic heterocycles. The Hall–Kier alpha value is -2.34. The third kappa shape index (κ3) is 2.49. The summed E-state index contributed by atoms with van der Waals surface area (Å²) in [6.45, 7) is 0.173. The lowest BCUT2D eigenvalue weighted by atomic mass is 10.1. The van der Waals surface area contributed by atoms with Gasteiger partial charge < -0.3 is 14.4 Å². The average Bonchev–Trinajstić information content (AvgIpc) is 2.73. The van der Waals surface area contributed by atoms with Crippen LogP contribution in [0.2, 0.25) is 0 Å². The van der Waals surface area contributed by atoms with E-state index in [1.54, 1.807) is 0 Å². The van der Waals surface area contributed by atoms with Crippen LogP contribution in [0.25, 0.3) is 11.3 Å². The molecule has 2 aromatic rings. The Bertz CT molecular complexity index is 536. The first-order valence-electron chi connectivity index (χ1n) is 5.25. The number of hydrogen-bond donors (Lipinski definition) is 2. The van der Waals surface area contributed by atoms with Crippen molar-refractivity contribution >= 4 is 11.8 Å². The molecule has 1 aromatic heterocycles. The summed E-state index contributed by atoms with van der Waals surface area (Å²) in [4.78, 5) is 10.8. The molecule has 0 spiro atoms. The summed E-state index contributed by atoms with van der Waals surface area (Å²) in [7, 11) is 1.50. The van der Waals surface area contributed by atoms with Crippen LogP contribution in [-0.4, -0.2) is 23.5 Å². The number of rotatable bonds is 4. The van der Waals surface area contributed by atoms with Gasteiger partial charge in [0.15, 0.2) is 5.76 Å². The van der Waals surface area contributed by atoms with Crippen LogP contribution in [0.15, 0.2) is 34.9 Å². The van der Waals surface area contributed by atoms with Crippen molar-refractivity contribution in [3.63, 3.8) is 0 Å².